The fourth-order valence-corrected chi connectivity index (χ4v) is 2.29. The number of phenols is 1. The van der Waals surface area contributed by atoms with Gasteiger partial charge in [-0.05, 0) is 57.7 Å². The molecule has 0 saturated heterocycles. The standard InChI is InChI=1S/C19H22O3.C2H6/c1-13(2)5-4-6-14(3)7-8-15-11-16-9-10-19(21)22-18(16)12-17(15)20;1-2/h5,7,9-12,20H,4,6,8H2,1-3H3;1-2H3/b14-7+;. The Labute approximate surface area is 144 Å². The van der Waals surface area contributed by atoms with Crippen molar-refractivity contribution in [2.45, 2.75) is 53.9 Å². The molecule has 0 aliphatic heterocycles. The molecule has 1 heterocycles. The van der Waals surface area contributed by atoms with E-state index in [0.717, 1.165) is 23.8 Å². The molecule has 0 aliphatic carbocycles. The van der Waals surface area contributed by atoms with Crippen molar-refractivity contribution in [3.05, 3.63) is 63.5 Å². The highest BCUT2D eigenvalue weighted by Gasteiger charge is 2.05. The van der Waals surface area contributed by atoms with Crippen LogP contribution in [0.2, 0.25) is 0 Å². The van der Waals surface area contributed by atoms with Crippen LogP contribution < -0.4 is 5.63 Å². The van der Waals surface area contributed by atoms with E-state index in [-0.39, 0.29) is 5.75 Å². The van der Waals surface area contributed by atoms with Crippen LogP contribution in [-0.4, -0.2) is 5.11 Å². The predicted molar refractivity (Wildman–Crippen MR) is 102 cm³/mol. The van der Waals surface area contributed by atoms with E-state index in [9.17, 15) is 9.90 Å². The summed E-state index contributed by atoms with van der Waals surface area (Å²) in [6.45, 7) is 10.3. The number of phenolic OH excluding ortho intramolecular Hbond substituents is 1. The minimum atomic E-state index is -0.408. The molecule has 0 aliphatic rings. The van der Waals surface area contributed by atoms with E-state index in [1.165, 1.54) is 23.3 Å². The molecule has 0 unspecified atom stereocenters. The number of fused-ring (bicyclic) bond motifs is 1. The van der Waals surface area contributed by atoms with Crippen LogP contribution in [0.3, 0.4) is 0 Å². The second-order valence-electron chi connectivity index (χ2n) is 5.85. The molecule has 24 heavy (non-hydrogen) atoms. The van der Waals surface area contributed by atoms with E-state index < -0.39 is 5.63 Å². The van der Waals surface area contributed by atoms with Crippen molar-refractivity contribution in [3.63, 3.8) is 0 Å². The van der Waals surface area contributed by atoms with Crippen molar-refractivity contribution in [1.82, 2.24) is 0 Å². The lowest BCUT2D eigenvalue weighted by Crippen LogP contribution is -1.95. The van der Waals surface area contributed by atoms with Gasteiger partial charge in [-0.25, -0.2) is 4.79 Å². The zero-order valence-electron chi connectivity index (χ0n) is 15.3. The van der Waals surface area contributed by atoms with Crippen LogP contribution in [-0.2, 0) is 6.42 Å². The molecular formula is C21H28O3. The van der Waals surface area contributed by atoms with Gasteiger partial charge in [0.2, 0.25) is 0 Å². The number of allylic oxidation sites excluding steroid dienone is 4. The molecule has 0 radical (unpaired) electrons. The van der Waals surface area contributed by atoms with E-state index in [0.29, 0.717) is 12.0 Å². The quantitative estimate of drug-likeness (QED) is 0.561. The summed E-state index contributed by atoms with van der Waals surface area (Å²) in [6.07, 6.45) is 7.10. The summed E-state index contributed by atoms with van der Waals surface area (Å²) >= 11 is 0. The first kappa shape index (κ1) is 19.8. The van der Waals surface area contributed by atoms with Gasteiger partial charge in [-0.15, -0.1) is 0 Å². The summed E-state index contributed by atoms with van der Waals surface area (Å²) in [5.74, 6) is 0.162. The van der Waals surface area contributed by atoms with Crippen molar-refractivity contribution in [2.75, 3.05) is 0 Å². The summed E-state index contributed by atoms with van der Waals surface area (Å²) in [6, 6.07) is 6.49. The van der Waals surface area contributed by atoms with Crippen LogP contribution >= 0.6 is 0 Å². The van der Waals surface area contributed by atoms with E-state index in [2.05, 4.69) is 32.9 Å². The zero-order chi connectivity index (χ0) is 18.1. The molecule has 2 rings (SSSR count). The van der Waals surface area contributed by atoms with Gasteiger partial charge in [-0.3, -0.25) is 0 Å². The summed E-state index contributed by atoms with van der Waals surface area (Å²) in [7, 11) is 0. The van der Waals surface area contributed by atoms with Gasteiger partial charge in [-0.2, -0.15) is 0 Å². The van der Waals surface area contributed by atoms with E-state index in [1.54, 1.807) is 6.07 Å². The largest absolute Gasteiger partial charge is 0.508 e. The number of hydrogen-bond acceptors (Lipinski definition) is 3. The molecule has 1 aromatic heterocycles. The highest BCUT2D eigenvalue weighted by Crippen LogP contribution is 2.25. The average Bonchev–Trinajstić information content (AvgIpc) is 2.54. The third-order valence-electron chi connectivity index (χ3n) is 3.58. The van der Waals surface area contributed by atoms with Crippen LogP contribution in [0.25, 0.3) is 11.0 Å². The number of rotatable bonds is 5. The van der Waals surface area contributed by atoms with Gasteiger partial charge >= 0.3 is 5.63 Å². The molecule has 0 atom stereocenters. The Morgan fingerprint density at radius 3 is 2.50 bits per heavy atom. The normalized spacial score (nSPS) is 11.0. The number of benzene rings is 1. The Bertz CT molecular complexity index is 775. The molecule has 3 nitrogen and oxygen atoms in total. The molecule has 130 valence electrons. The maximum absolute atomic E-state index is 11.2. The highest BCUT2D eigenvalue weighted by molar-refractivity contribution is 5.79. The smallest absolute Gasteiger partial charge is 0.336 e. The second kappa shape index (κ2) is 9.76. The summed E-state index contributed by atoms with van der Waals surface area (Å²) in [5.41, 5.74) is 3.48. The van der Waals surface area contributed by atoms with Gasteiger partial charge in [-0.1, -0.05) is 37.1 Å². The van der Waals surface area contributed by atoms with Crippen LogP contribution in [0.1, 0.15) is 53.0 Å². The SMILES string of the molecule is CC.CC(C)=CCC/C(C)=C/Cc1cc2ccc(=O)oc2cc1O. The van der Waals surface area contributed by atoms with Crippen LogP contribution in [0, 0.1) is 0 Å². The topological polar surface area (TPSA) is 50.4 Å². The van der Waals surface area contributed by atoms with Gasteiger partial charge in [0.1, 0.15) is 11.3 Å². The molecule has 2 aromatic rings. The van der Waals surface area contributed by atoms with E-state index >= 15 is 0 Å². The van der Waals surface area contributed by atoms with Crippen molar-refractivity contribution in [3.8, 4) is 5.75 Å². The first-order chi connectivity index (χ1) is 11.5. The lowest BCUT2D eigenvalue weighted by atomic mass is 10.0. The Balaban J connectivity index is 0.00000139. The molecular weight excluding hydrogens is 300 g/mol. The summed E-state index contributed by atoms with van der Waals surface area (Å²) in [5, 5.41) is 10.9. The van der Waals surface area contributed by atoms with Crippen molar-refractivity contribution in [2.24, 2.45) is 0 Å². The van der Waals surface area contributed by atoms with Gasteiger partial charge < -0.3 is 9.52 Å². The van der Waals surface area contributed by atoms with Crippen molar-refractivity contribution >= 4 is 11.0 Å². The van der Waals surface area contributed by atoms with Crippen LogP contribution in [0.15, 0.2) is 56.8 Å². The zero-order valence-corrected chi connectivity index (χ0v) is 15.3. The summed E-state index contributed by atoms with van der Waals surface area (Å²) < 4.78 is 5.06. The third-order valence-corrected chi connectivity index (χ3v) is 3.58. The third kappa shape index (κ3) is 6.07. The molecule has 0 amide bonds. The number of hydrogen-bond donors (Lipinski definition) is 1. The Morgan fingerprint density at radius 1 is 1.12 bits per heavy atom. The maximum atomic E-state index is 11.2. The molecule has 0 saturated carbocycles. The second-order valence-corrected chi connectivity index (χ2v) is 5.85. The van der Waals surface area contributed by atoms with Gasteiger partial charge in [0.15, 0.2) is 0 Å². The van der Waals surface area contributed by atoms with Crippen molar-refractivity contribution in [1.29, 1.82) is 0 Å². The minimum Gasteiger partial charge on any atom is -0.508 e. The minimum absolute atomic E-state index is 0.162. The fourth-order valence-electron chi connectivity index (χ4n) is 2.29. The first-order valence-electron chi connectivity index (χ1n) is 8.50. The van der Waals surface area contributed by atoms with Crippen molar-refractivity contribution < 1.29 is 9.52 Å². The van der Waals surface area contributed by atoms with Gasteiger partial charge in [0, 0.05) is 17.5 Å². The molecule has 3 heteroatoms. The lowest BCUT2D eigenvalue weighted by molar-refractivity contribution is 0.467. The molecule has 1 N–H and O–H groups in total. The molecule has 0 fully saturated rings. The predicted octanol–water partition coefficient (Wildman–Crippen LogP) is 5.76. The maximum Gasteiger partial charge on any atom is 0.336 e. The Hall–Kier alpha value is -2.29. The van der Waals surface area contributed by atoms with Gasteiger partial charge in [0.05, 0.1) is 0 Å². The first-order valence-corrected chi connectivity index (χ1v) is 8.50. The van der Waals surface area contributed by atoms with E-state index in [1.807, 2.05) is 19.9 Å². The average molecular weight is 328 g/mol. The van der Waals surface area contributed by atoms with Gasteiger partial charge in [0.25, 0.3) is 0 Å². The van der Waals surface area contributed by atoms with Crippen LogP contribution in [0.4, 0.5) is 0 Å². The Kier molecular flexibility index (Phi) is 8.03. The summed E-state index contributed by atoms with van der Waals surface area (Å²) in [4.78, 5) is 11.2. The van der Waals surface area contributed by atoms with E-state index in [4.69, 9.17) is 4.42 Å². The Morgan fingerprint density at radius 2 is 1.83 bits per heavy atom. The highest BCUT2D eigenvalue weighted by atomic mass is 16.4. The van der Waals surface area contributed by atoms with Crippen LogP contribution in [0.5, 0.6) is 5.75 Å². The molecule has 1 aromatic carbocycles. The monoisotopic (exact) mass is 328 g/mol. The lowest BCUT2D eigenvalue weighted by Gasteiger charge is -2.05. The molecule has 0 bridgehead atoms. The fraction of sp³-hybridized carbons (Fsp3) is 0.381. The molecule has 0 spiro atoms. The number of aromatic hydroxyl groups is 1.